The van der Waals surface area contributed by atoms with Crippen molar-refractivity contribution < 1.29 is 14.2 Å². The maximum absolute atomic E-state index is 13.7. The fraction of sp³-hybridized carbons (Fsp3) is 0.273. The van der Waals surface area contributed by atoms with Crippen LogP contribution < -0.4 is 4.74 Å². The van der Waals surface area contributed by atoms with Gasteiger partial charge in [0.2, 0.25) is 0 Å². The number of aryl methyl sites for hydroxylation is 1. The number of rotatable bonds is 3. The van der Waals surface area contributed by atoms with Gasteiger partial charge in [-0.15, -0.1) is 5.10 Å². The summed E-state index contributed by atoms with van der Waals surface area (Å²) in [7, 11) is 3.09. The highest BCUT2D eigenvalue weighted by atomic mass is 19.1. The summed E-state index contributed by atoms with van der Waals surface area (Å²) in [4.78, 5) is 0. The van der Waals surface area contributed by atoms with Gasteiger partial charge >= 0.3 is 0 Å². The highest BCUT2D eigenvalue weighted by molar-refractivity contribution is 5.33. The number of benzene rings is 1. The van der Waals surface area contributed by atoms with Gasteiger partial charge in [-0.25, -0.2) is 9.07 Å². The van der Waals surface area contributed by atoms with Crippen molar-refractivity contribution in [3.05, 3.63) is 41.5 Å². The van der Waals surface area contributed by atoms with Crippen molar-refractivity contribution in [3.63, 3.8) is 0 Å². The van der Waals surface area contributed by atoms with Crippen LogP contribution in [0.1, 0.15) is 17.4 Å². The molecule has 90 valence electrons. The minimum atomic E-state index is -1.10. The first-order chi connectivity index (χ1) is 8.13. The van der Waals surface area contributed by atoms with Crippen LogP contribution in [0.15, 0.2) is 24.4 Å². The SMILES string of the molecule is COc1ccc(C(O)c2cnnn2C)c(F)c1. The van der Waals surface area contributed by atoms with Crippen LogP contribution in [0.25, 0.3) is 0 Å². The van der Waals surface area contributed by atoms with E-state index in [9.17, 15) is 9.50 Å². The lowest BCUT2D eigenvalue weighted by Gasteiger charge is -2.12. The van der Waals surface area contributed by atoms with Gasteiger partial charge < -0.3 is 9.84 Å². The Morgan fingerprint density at radius 2 is 2.24 bits per heavy atom. The van der Waals surface area contributed by atoms with E-state index >= 15 is 0 Å². The molecular weight excluding hydrogens is 225 g/mol. The summed E-state index contributed by atoms with van der Waals surface area (Å²) in [5.74, 6) is -0.125. The average molecular weight is 237 g/mol. The maximum Gasteiger partial charge on any atom is 0.133 e. The Balaban J connectivity index is 2.38. The van der Waals surface area contributed by atoms with Crippen LogP contribution in [-0.4, -0.2) is 27.2 Å². The van der Waals surface area contributed by atoms with E-state index in [0.29, 0.717) is 11.4 Å². The monoisotopic (exact) mass is 237 g/mol. The largest absolute Gasteiger partial charge is 0.497 e. The number of methoxy groups -OCH3 is 1. The average Bonchev–Trinajstić information content (AvgIpc) is 2.74. The van der Waals surface area contributed by atoms with Gasteiger partial charge in [-0.2, -0.15) is 0 Å². The zero-order valence-corrected chi connectivity index (χ0v) is 9.46. The van der Waals surface area contributed by atoms with E-state index in [2.05, 4.69) is 10.3 Å². The molecule has 2 rings (SSSR count). The molecule has 0 amide bonds. The topological polar surface area (TPSA) is 60.2 Å². The molecule has 0 bridgehead atoms. The fourth-order valence-corrected chi connectivity index (χ4v) is 1.56. The lowest BCUT2D eigenvalue weighted by atomic mass is 10.1. The van der Waals surface area contributed by atoms with Crippen LogP contribution in [0.5, 0.6) is 5.75 Å². The van der Waals surface area contributed by atoms with E-state index in [1.165, 1.54) is 30.1 Å². The number of hydrogen-bond donors (Lipinski definition) is 1. The van der Waals surface area contributed by atoms with Gasteiger partial charge in [-0.05, 0) is 12.1 Å². The molecule has 0 saturated heterocycles. The normalized spacial score (nSPS) is 12.5. The Kier molecular flexibility index (Phi) is 3.06. The van der Waals surface area contributed by atoms with E-state index in [1.54, 1.807) is 13.1 Å². The molecule has 0 fully saturated rings. The first-order valence-electron chi connectivity index (χ1n) is 4.99. The van der Waals surface area contributed by atoms with E-state index in [1.807, 2.05) is 0 Å². The number of ether oxygens (including phenoxy) is 1. The quantitative estimate of drug-likeness (QED) is 0.866. The molecule has 5 nitrogen and oxygen atoms in total. The third-order valence-electron chi connectivity index (χ3n) is 2.53. The van der Waals surface area contributed by atoms with Gasteiger partial charge in [-0.3, -0.25) is 0 Å². The van der Waals surface area contributed by atoms with Gasteiger partial charge in [0.1, 0.15) is 17.7 Å². The molecule has 1 aromatic heterocycles. The number of aliphatic hydroxyl groups is 1. The van der Waals surface area contributed by atoms with Gasteiger partial charge in [0, 0.05) is 18.7 Å². The van der Waals surface area contributed by atoms with Crippen LogP contribution in [-0.2, 0) is 7.05 Å². The molecule has 1 aromatic carbocycles. The molecular formula is C11H12FN3O2. The second-order valence-corrected chi connectivity index (χ2v) is 3.57. The minimum absolute atomic E-state index is 0.163. The van der Waals surface area contributed by atoms with E-state index < -0.39 is 11.9 Å². The Morgan fingerprint density at radius 1 is 1.47 bits per heavy atom. The van der Waals surface area contributed by atoms with E-state index in [0.717, 1.165) is 0 Å². The third-order valence-corrected chi connectivity index (χ3v) is 2.53. The molecule has 1 unspecified atom stereocenters. The van der Waals surface area contributed by atoms with Gasteiger partial charge in [0.15, 0.2) is 0 Å². The molecule has 6 heteroatoms. The summed E-state index contributed by atoms with van der Waals surface area (Å²) in [5.41, 5.74) is 0.588. The highest BCUT2D eigenvalue weighted by Crippen LogP contribution is 2.25. The zero-order chi connectivity index (χ0) is 12.4. The summed E-state index contributed by atoms with van der Waals surface area (Å²) < 4.78 is 20.0. The fourth-order valence-electron chi connectivity index (χ4n) is 1.56. The second-order valence-electron chi connectivity index (χ2n) is 3.57. The second kappa shape index (κ2) is 4.50. The predicted molar refractivity (Wildman–Crippen MR) is 58.0 cm³/mol. The lowest BCUT2D eigenvalue weighted by molar-refractivity contribution is 0.204. The Bertz CT molecular complexity index is 527. The molecule has 0 aliphatic carbocycles. The smallest absolute Gasteiger partial charge is 0.133 e. The van der Waals surface area contributed by atoms with E-state index in [4.69, 9.17) is 4.74 Å². The van der Waals surface area contributed by atoms with Crippen molar-refractivity contribution in [1.29, 1.82) is 0 Å². The minimum Gasteiger partial charge on any atom is -0.497 e. The van der Waals surface area contributed by atoms with Crippen LogP contribution in [0.3, 0.4) is 0 Å². The molecule has 1 N–H and O–H groups in total. The number of halogens is 1. The molecule has 0 aliphatic heterocycles. The molecule has 17 heavy (non-hydrogen) atoms. The summed E-state index contributed by atoms with van der Waals surface area (Å²) in [6.07, 6.45) is 0.301. The Morgan fingerprint density at radius 3 is 2.76 bits per heavy atom. The summed E-state index contributed by atoms with van der Waals surface area (Å²) in [5, 5.41) is 17.3. The Hall–Kier alpha value is -1.95. The van der Waals surface area contributed by atoms with Gasteiger partial charge in [0.25, 0.3) is 0 Å². The van der Waals surface area contributed by atoms with Crippen molar-refractivity contribution in [1.82, 2.24) is 15.0 Å². The van der Waals surface area contributed by atoms with Crippen LogP contribution in [0.2, 0.25) is 0 Å². The summed E-state index contributed by atoms with van der Waals surface area (Å²) in [6.45, 7) is 0. The number of hydrogen-bond acceptors (Lipinski definition) is 4. The van der Waals surface area contributed by atoms with Crippen molar-refractivity contribution in [2.45, 2.75) is 6.10 Å². The summed E-state index contributed by atoms with van der Waals surface area (Å²) >= 11 is 0. The number of aromatic nitrogens is 3. The highest BCUT2D eigenvalue weighted by Gasteiger charge is 2.18. The molecule has 0 spiro atoms. The van der Waals surface area contributed by atoms with Gasteiger partial charge in [0.05, 0.1) is 19.0 Å². The van der Waals surface area contributed by atoms with Crippen molar-refractivity contribution in [2.24, 2.45) is 7.05 Å². The number of aliphatic hydroxyl groups excluding tert-OH is 1. The maximum atomic E-state index is 13.7. The molecule has 1 atom stereocenters. The standard InChI is InChI=1S/C11H12FN3O2/c1-15-10(6-13-14-15)11(16)8-4-3-7(17-2)5-9(8)12/h3-6,11,16H,1-2H3. The molecule has 0 saturated carbocycles. The van der Waals surface area contributed by atoms with Crippen molar-refractivity contribution in [2.75, 3.05) is 7.11 Å². The van der Waals surface area contributed by atoms with E-state index in [-0.39, 0.29) is 5.56 Å². The first kappa shape index (κ1) is 11.5. The molecule has 0 radical (unpaired) electrons. The summed E-state index contributed by atoms with van der Waals surface area (Å²) in [6, 6.07) is 4.29. The lowest BCUT2D eigenvalue weighted by Crippen LogP contribution is -2.08. The molecule has 0 aliphatic rings. The zero-order valence-electron chi connectivity index (χ0n) is 9.46. The first-order valence-corrected chi connectivity index (χ1v) is 4.99. The van der Waals surface area contributed by atoms with Crippen LogP contribution in [0.4, 0.5) is 4.39 Å². The van der Waals surface area contributed by atoms with Crippen LogP contribution in [0, 0.1) is 5.82 Å². The third kappa shape index (κ3) is 2.12. The molecule has 2 aromatic rings. The van der Waals surface area contributed by atoms with Crippen molar-refractivity contribution in [3.8, 4) is 5.75 Å². The van der Waals surface area contributed by atoms with Crippen LogP contribution >= 0.6 is 0 Å². The number of nitrogens with zero attached hydrogens (tertiary/aromatic N) is 3. The Labute approximate surface area is 97.5 Å². The van der Waals surface area contributed by atoms with Crippen molar-refractivity contribution >= 4 is 0 Å². The predicted octanol–water partition coefficient (Wildman–Crippen LogP) is 1.04. The molecule has 1 heterocycles. The van der Waals surface area contributed by atoms with Gasteiger partial charge in [-0.1, -0.05) is 5.21 Å².